The summed E-state index contributed by atoms with van der Waals surface area (Å²) in [5.41, 5.74) is 2.52. The fourth-order valence-electron chi connectivity index (χ4n) is 3.55. The molecule has 2 amide bonds. The van der Waals surface area contributed by atoms with Crippen LogP contribution in [0.1, 0.15) is 22.8 Å². The van der Waals surface area contributed by atoms with E-state index in [0.29, 0.717) is 22.5 Å². The van der Waals surface area contributed by atoms with Crippen LogP contribution < -0.4 is 9.80 Å². The molecular formula is C23H19FN2O2. The summed E-state index contributed by atoms with van der Waals surface area (Å²) in [6, 6.07) is 21.7. The van der Waals surface area contributed by atoms with E-state index < -0.39 is 6.04 Å². The highest BCUT2D eigenvalue weighted by atomic mass is 19.1. The van der Waals surface area contributed by atoms with Crippen LogP contribution in [0.5, 0.6) is 0 Å². The molecule has 0 unspecified atom stereocenters. The van der Waals surface area contributed by atoms with Crippen molar-refractivity contribution in [1.29, 1.82) is 0 Å². The van der Waals surface area contributed by atoms with E-state index in [-0.39, 0.29) is 24.2 Å². The molecule has 1 atom stereocenters. The van der Waals surface area contributed by atoms with Crippen molar-refractivity contribution in [3.8, 4) is 0 Å². The molecule has 0 N–H and O–H groups in total. The number of anilines is 2. The lowest BCUT2D eigenvalue weighted by Gasteiger charge is -2.40. The number of rotatable bonds is 3. The van der Waals surface area contributed by atoms with Crippen molar-refractivity contribution < 1.29 is 14.0 Å². The Bertz CT molecular complexity index is 1040. The molecule has 4 rings (SSSR count). The van der Waals surface area contributed by atoms with Gasteiger partial charge >= 0.3 is 0 Å². The number of amides is 2. The fraction of sp³-hybridized carbons (Fsp3) is 0.130. The van der Waals surface area contributed by atoms with Gasteiger partial charge in [0.1, 0.15) is 11.9 Å². The highest BCUT2D eigenvalue weighted by molar-refractivity contribution is 6.17. The van der Waals surface area contributed by atoms with Gasteiger partial charge < -0.3 is 4.90 Å². The standard InChI is InChI=1S/C23H19FN2O2/c1-16-22(27)25(15-17-8-7-11-19(24)14-17)20-12-5-6-13-21(20)26(16)23(28)18-9-3-2-4-10-18/h2-14,16H,15H2,1H3/t16-/m1/s1. The van der Waals surface area contributed by atoms with Crippen LogP contribution in [0.15, 0.2) is 78.9 Å². The van der Waals surface area contributed by atoms with Gasteiger partial charge in [-0.05, 0) is 48.9 Å². The highest BCUT2D eigenvalue weighted by Gasteiger charge is 2.38. The van der Waals surface area contributed by atoms with Gasteiger partial charge in [0.25, 0.3) is 5.91 Å². The van der Waals surface area contributed by atoms with Gasteiger partial charge in [-0.15, -0.1) is 0 Å². The third-order valence-electron chi connectivity index (χ3n) is 4.91. The van der Waals surface area contributed by atoms with E-state index in [1.54, 1.807) is 48.2 Å². The molecule has 0 saturated carbocycles. The first-order chi connectivity index (χ1) is 13.6. The number of hydrogen-bond donors (Lipinski definition) is 0. The van der Waals surface area contributed by atoms with E-state index in [0.717, 1.165) is 0 Å². The number of fused-ring (bicyclic) bond motifs is 1. The van der Waals surface area contributed by atoms with Gasteiger partial charge in [0.15, 0.2) is 0 Å². The quantitative estimate of drug-likeness (QED) is 0.681. The summed E-state index contributed by atoms with van der Waals surface area (Å²) in [5.74, 6) is -0.768. The minimum Gasteiger partial charge on any atom is -0.304 e. The average molecular weight is 374 g/mol. The van der Waals surface area contributed by atoms with Crippen LogP contribution in [-0.4, -0.2) is 17.9 Å². The van der Waals surface area contributed by atoms with Crippen molar-refractivity contribution >= 4 is 23.2 Å². The van der Waals surface area contributed by atoms with Gasteiger partial charge in [0.2, 0.25) is 5.91 Å². The van der Waals surface area contributed by atoms with Crippen molar-refractivity contribution in [2.75, 3.05) is 9.80 Å². The molecule has 1 aliphatic heterocycles. The maximum Gasteiger partial charge on any atom is 0.259 e. The largest absolute Gasteiger partial charge is 0.304 e. The topological polar surface area (TPSA) is 40.6 Å². The van der Waals surface area contributed by atoms with Crippen molar-refractivity contribution in [3.05, 3.63) is 95.8 Å². The van der Waals surface area contributed by atoms with Crippen molar-refractivity contribution in [3.63, 3.8) is 0 Å². The molecule has 0 bridgehead atoms. The summed E-state index contributed by atoms with van der Waals surface area (Å²) >= 11 is 0. The van der Waals surface area contributed by atoms with Crippen LogP contribution in [0, 0.1) is 5.82 Å². The summed E-state index contributed by atoms with van der Waals surface area (Å²) in [5, 5.41) is 0. The van der Waals surface area contributed by atoms with Crippen LogP contribution in [0.4, 0.5) is 15.8 Å². The number of carbonyl (C=O) groups excluding carboxylic acids is 2. The van der Waals surface area contributed by atoms with Crippen molar-refractivity contribution in [1.82, 2.24) is 0 Å². The van der Waals surface area contributed by atoms with Crippen LogP contribution in [-0.2, 0) is 11.3 Å². The summed E-state index contributed by atoms with van der Waals surface area (Å²) in [6.07, 6.45) is 0. The molecule has 0 fully saturated rings. The first-order valence-corrected chi connectivity index (χ1v) is 9.10. The zero-order valence-electron chi connectivity index (χ0n) is 15.4. The number of halogens is 1. The summed E-state index contributed by atoms with van der Waals surface area (Å²) in [6.45, 7) is 1.96. The Balaban J connectivity index is 1.75. The Kier molecular flexibility index (Phi) is 4.65. The van der Waals surface area contributed by atoms with E-state index in [9.17, 15) is 14.0 Å². The van der Waals surface area contributed by atoms with Crippen LogP contribution >= 0.6 is 0 Å². The molecule has 3 aromatic carbocycles. The van der Waals surface area contributed by atoms with Gasteiger partial charge in [-0.2, -0.15) is 0 Å². The molecule has 3 aromatic rings. The molecule has 1 heterocycles. The SMILES string of the molecule is C[C@@H]1C(=O)N(Cc2cccc(F)c2)c2ccccc2N1C(=O)c1ccccc1. The summed E-state index contributed by atoms with van der Waals surface area (Å²) in [7, 11) is 0. The Hall–Kier alpha value is -3.47. The third kappa shape index (κ3) is 3.16. The lowest BCUT2D eigenvalue weighted by atomic mass is 10.0. The molecule has 5 heteroatoms. The number of carbonyl (C=O) groups is 2. The maximum absolute atomic E-state index is 13.6. The highest BCUT2D eigenvalue weighted by Crippen LogP contribution is 2.37. The molecule has 0 aliphatic carbocycles. The van der Waals surface area contributed by atoms with E-state index in [2.05, 4.69) is 0 Å². The normalized spacial score (nSPS) is 16.1. The zero-order chi connectivity index (χ0) is 19.7. The summed E-state index contributed by atoms with van der Waals surface area (Å²) in [4.78, 5) is 29.4. The molecule has 140 valence electrons. The van der Waals surface area contributed by atoms with Crippen LogP contribution in [0.3, 0.4) is 0 Å². The average Bonchev–Trinajstić information content (AvgIpc) is 2.72. The predicted molar refractivity (Wildman–Crippen MR) is 107 cm³/mol. The minimum atomic E-state index is -0.670. The molecule has 4 nitrogen and oxygen atoms in total. The Morgan fingerprint density at radius 3 is 2.32 bits per heavy atom. The fourth-order valence-corrected chi connectivity index (χ4v) is 3.55. The smallest absolute Gasteiger partial charge is 0.259 e. The van der Waals surface area contributed by atoms with E-state index in [1.807, 2.05) is 30.3 Å². The second-order valence-electron chi connectivity index (χ2n) is 6.76. The molecule has 0 spiro atoms. The van der Waals surface area contributed by atoms with Crippen LogP contribution in [0.2, 0.25) is 0 Å². The van der Waals surface area contributed by atoms with Gasteiger partial charge in [-0.1, -0.05) is 42.5 Å². The van der Waals surface area contributed by atoms with Gasteiger partial charge in [-0.3, -0.25) is 14.5 Å². The number of benzene rings is 3. The molecule has 0 saturated heterocycles. The lowest BCUT2D eigenvalue weighted by molar-refractivity contribution is -0.119. The molecule has 28 heavy (non-hydrogen) atoms. The molecule has 0 radical (unpaired) electrons. The second-order valence-corrected chi connectivity index (χ2v) is 6.76. The first-order valence-electron chi connectivity index (χ1n) is 9.10. The van der Waals surface area contributed by atoms with Crippen LogP contribution in [0.25, 0.3) is 0 Å². The van der Waals surface area contributed by atoms with Crippen molar-refractivity contribution in [2.24, 2.45) is 0 Å². The zero-order valence-corrected chi connectivity index (χ0v) is 15.4. The van der Waals surface area contributed by atoms with E-state index in [4.69, 9.17) is 0 Å². The summed E-state index contributed by atoms with van der Waals surface area (Å²) < 4.78 is 13.6. The first kappa shape index (κ1) is 17.9. The lowest BCUT2D eigenvalue weighted by Crippen LogP contribution is -2.54. The number of hydrogen-bond acceptors (Lipinski definition) is 2. The molecule has 1 aliphatic rings. The van der Waals surface area contributed by atoms with Crippen molar-refractivity contribution in [2.45, 2.75) is 19.5 Å². The third-order valence-corrected chi connectivity index (χ3v) is 4.91. The van der Waals surface area contributed by atoms with Gasteiger partial charge in [0.05, 0.1) is 17.9 Å². The maximum atomic E-state index is 13.6. The predicted octanol–water partition coefficient (Wildman–Crippen LogP) is 4.41. The Morgan fingerprint density at radius 1 is 0.929 bits per heavy atom. The Morgan fingerprint density at radius 2 is 1.61 bits per heavy atom. The number of para-hydroxylation sites is 2. The van der Waals surface area contributed by atoms with Gasteiger partial charge in [0, 0.05) is 5.56 Å². The Labute approximate surface area is 162 Å². The monoisotopic (exact) mass is 374 g/mol. The number of nitrogens with zero attached hydrogens (tertiary/aromatic N) is 2. The van der Waals surface area contributed by atoms with E-state index >= 15 is 0 Å². The minimum absolute atomic E-state index is 0.202. The van der Waals surface area contributed by atoms with Gasteiger partial charge in [-0.25, -0.2) is 4.39 Å². The molecular weight excluding hydrogens is 355 g/mol. The van der Waals surface area contributed by atoms with E-state index in [1.165, 1.54) is 17.0 Å². The molecule has 0 aromatic heterocycles. The second kappa shape index (κ2) is 7.27.